The first kappa shape index (κ1) is 17.2. The van der Waals surface area contributed by atoms with Gasteiger partial charge in [0.2, 0.25) is 5.91 Å². The fourth-order valence-corrected chi connectivity index (χ4v) is 6.53. The van der Waals surface area contributed by atoms with Gasteiger partial charge in [-0.05, 0) is 73.6 Å². The summed E-state index contributed by atoms with van der Waals surface area (Å²) in [6, 6.07) is -1.03. The minimum Gasteiger partial charge on any atom is -0.426 e. The van der Waals surface area contributed by atoms with Gasteiger partial charge in [-0.2, -0.15) is 0 Å². The lowest BCUT2D eigenvalue weighted by Crippen LogP contribution is -2.61. The van der Waals surface area contributed by atoms with Crippen LogP contribution in [0.1, 0.15) is 44.9 Å². The van der Waals surface area contributed by atoms with Crippen molar-refractivity contribution in [3.63, 3.8) is 0 Å². The van der Waals surface area contributed by atoms with E-state index in [0.29, 0.717) is 17.8 Å². The van der Waals surface area contributed by atoms with Crippen molar-refractivity contribution in [2.45, 2.75) is 63.0 Å². The number of carbonyl (C=O) groups excluding carboxylic acids is 1. The number of nitrogens with zero attached hydrogens (tertiary/aromatic N) is 4. The Labute approximate surface area is 147 Å². The molecule has 1 saturated heterocycles. The van der Waals surface area contributed by atoms with Crippen molar-refractivity contribution in [1.82, 2.24) is 4.90 Å². The van der Waals surface area contributed by atoms with Gasteiger partial charge >= 0.3 is 7.12 Å². The van der Waals surface area contributed by atoms with Crippen molar-refractivity contribution in [3.8, 4) is 0 Å². The van der Waals surface area contributed by atoms with E-state index >= 15 is 0 Å². The number of likely N-dealkylation sites (tertiary alicyclic amines) is 1. The fourth-order valence-electron chi connectivity index (χ4n) is 6.53. The Kier molecular flexibility index (Phi) is 4.23. The van der Waals surface area contributed by atoms with Gasteiger partial charge < -0.3 is 20.7 Å². The zero-order valence-electron chi connectivity index (χ0n) is 14.4. The summed E-state index contributed by atoms with van der Waals surface area (Å²) in [5, 5.41) is 23.0. The molecular weight excluding hydrogens is 321 g/mol. The second kappa shape index (κ2) is 6.16. The van der Waals surface area contributed by atoms with Crippen LogP contribution in [0.2, 0.25) is 0 Å². The smallest absolute Gasteiger partial charge is 0.426 e. The van der Waals surface area contributed by atoms with Gasteiger partial charge in [-0.1, -0.05) is 5.11 Å². The third kappa shape index (κ3) is 2.83. The van der Waals surface area contributed by atoms with Gasteiger partial charge in [0.15, 0.2) is 0 Å². The van der Waals surface area contributed by atoms with Gasteiger partial charge in [-0.3, -0.25) is 4.79 Å². The normalized spacial score (nSPS) is 43.0. The fraction of sp³-hybridized carbons (Fsp3) is 0.938. The molecule has 25 heavy (non-hydrogen) atoms. The number of rotatable bonds is 4. The van der Waals surface area contributed by atoms with E-state index in [0.717, 1.165) is 19.3 Å². The minimum absolute atomic E-state index is 0.132. The van der Waals surface area contributed by atoms with Crippen molar-refractivity contribution in [2.24, 2.45) is 34.0 Å². The van der Waals surface area contributed by atoms with Gasteiger partial charge in [0.05, 0.1) is 18.0 Å². The zero-order chi connectivity index (χ0) is 17.8. The summed E-state index contributed by atoms with van der Waals surface area (Å²) >= 11 is 0. The topological polar surface area (TPSA) is 136 Å². The van der Waals surface area contributed by atoms with E-state index in [1.165, 1.54) is 24.2 Å². The quantitative estimate of drug-likeness (QED) is 0.300. The van der Waals surface area contributed by atoms with Crippen LogP contribution < -0.4 is 5.73 Å². The molecular formula is C16H26BN5O3. The van der Waals surface area contributed by atoms with Gasteiger partial charge in [0, 0.05) is 11.5 Å². The predicted molar refractivity (Wildman–Crippen MR) is 91.8 cm³/mol. The molecule has 9 heteroatoms. The summed E-state index contributed by atoms with van der Waals surface area (Å²) in [4.78, 5) is 17.4. The van der Waals surface area contributed by atoms with Crippen LogP contribution >= 0.6 is 0 Å². The van der Waals surface area contributed by atoms with Crippen molar-refractivity contribution in [3.05, 3.63) is 10.4 Å². The highest BCUT2D eigenvalue weighted by Crippen LogP contribution is 2.61. The average molecular weight is 347 g/mol. The third-order valence-electron chi connectivity index (χ3n) is 7.17. The molecule has 8 nitrogen and oxygen atoms in total. The number of nitrogens with two attached hydrogens (primary N) is 1. The lowest BCUT2D eigenvalue weighted by atomic mass is 9.47. The number of amides is 1. The first-order chi connectivity index (χ1) is 11.9. The SMILES string of the molecule is [N-]=[N+]=NC1C[C@@H](B(O)O)N(C(=O)[C@@H](N)C23CC4CC(CC(C4)C2)C3)C1. The average Bonchev–Trinajstić information content (AvgIpc) is 2.97. The molecule has 0 spiro atoms. The molecule has 1 aliphatic heterocycles. The molecule has 1 unspecified atom stereocenters. The monoisotopic (exact) mass is 347 g/mol. The highest BCUT2D eigenvalue weighted by Gasteiger charge is 2.56. The van der Waals surface area contributed by atoms with Crippen LogP contribution in [0.15, 0.2) is 5.11 Å². The molecule has 5 aliphatic rings. The second-order valence-corrected chi connectivity index (χ2v) is 8.82. The Morgan fingerprint density at radius 1 is 1.20 bits per heavy atom. The van der Waals surface area contributed by atoms with Crippen LogP contribution in [0.5, 0.6) is 0 Å². The standard InChI is InChI=1S/C16H26BN5O3/c18-14(16-5-9-1-10(6-16)3-11(2-9)7-16)15(23)22-8-12(20-21-19)4-13(22)17(24)25/h9-14,24-25H,1-8,18H2/t9?,10?,11?,12?,13-,14+,16?/m0/s1. The Balaban J connectivity index is 1.54. The van der Waals surface area contributed by atoms with Gasteiger partial charge in [0.1, 0.15) is 0 Å². The summed E-state index contributed by atoms with van der Waals surface area (Å²) in [7, 11) is -1.65. The summed E-state index contributed by atoms with van der Waals surface area (Å²) in [6.45, 7) is 0.214. The highest BCUT2D eigenvalue weighted by molar-refractivity contribution is 6.43. The van der Waals surface area contributed by atoms with Crippen molar-refractivity contribution in [2.75, 3.05) is 6.54 Å². The first-order valence-corrected chi connectivity index (χ1v) is 9.38. The van der Waals surface area contributed by atoms with Crippen LogP contribution in [-0.4, -0.2) is 52.5 Å². The summed E-state index contributed by atoms with van der Waals surface area (Å²) in [5.41, 5.74) is 15.0. The molecule has 0 aromatic heterocycles. The molecule has 0 aromatic carbocycles. The lowest BCUT2D eigenvalue weighted by Gasteiger charge is -2.58. The summed E-state index contributed by atoms with van der Waals surface area (Å²) in [5.74, 6) is 1.12. The highest BCUT2D eigenvalue weighted by atomic mass is 16.4. The maximum absolute atomic E-state index is 13.2. The molecule has 0 radical (unpaired) electrons. The first-order valence-electron chi connectivity index (χ1n) is 9.38. The molecule has 5 rings (SSSR count). The van der Waals surface area contributed by atoms with Crippen LogP contribution in [-0.2, 0) is 4.79 Å². The van der Waals surface area contributed by atoms with Crippen molar-refractivity contribution < 1.29 is 14.8 Å². The molecule has 1 amide bonds. The second-order valence-electron chi connectivity index (χ2n) is 8.82. The van der Waals surface area contributed by atoms with Gasteiger partial charge in [-0.25, -0.2) is 0 Å². The molecule has 3 atom stereocenters. The Morgan fingerprint density at radius 3 is 2.24 bits per heavy atom. The molecule has 0 aromatic rings. The van der Waals surface area contributed by atoms with E-state index < -0.39 is 25.1 Å². The van der Waals surface area contributed by atoms with Crippen molar-refractivity contribution >= 4 is 13.0 Å². The van der Waals surface area contributed by atoms with E-state index in [1.54, 1.807) is 0 Å². The largest absolute Gasteiger partial charge is 0.475 e. The van der Waals surface area contributed by atoms with E-state index in [2.05, 4.69) is 10.0 Å². The molecule has 5 fully saturated rings. The van der Waals surface area contributed by atoms with E-state index in [9.17, 15) is 14.8 Å². The van der Waals surface area contributed by atoms with E-state index in [4.69, 9.17) is 11.3 Å². The van der Waals surface area contributed by atoms with Crippen LogP contribution in [0, 0.1) is 23.2 Å². The number of azide groups is 1. The molecule has 4 N–H and O–H groups in total. The summed E-state index contributed by atoms with van der Waals surface area (Å²) < 4.78 is 0. The Hall–Kier alpha value is -1.28. The molecule has 4 saturated carbocycles. The number of hydrogen-bond acceptors (Lipinski definition) is 5. The summed E-state index contributed by atoms with van der Waals surface area (Å²) in [6.07, 6.45) is 7.16. The van der Waals surface area contributed by atoms with Crippen LogP contribution in [0.25, 0.3) is 10.4 Å². The Bertz CT molecular complexity index is 573. The van der Waals surface area contributed by atoms with E-state index in [-0.39, 0.29) is 24.3 Å². The predicted octanol–water partition coefficient (Wildman–Crippen LogP) is 0.822. The maximum Gasteiger partial charge on any atom is 0.475 e. The lowest BCUT2D eigenvalue weighted by molar-refractivity contribution is -0.143. The zero-order valence-corrected chi connectivity index (χ0v) is 14.4. The Morgan fingerprint density at radius 2 is 1.76 bits per heavy atom. The van der Waals surface area contributed by atoms with Crippen LogP contribution in [0.4, 0.5) is 0 Å². The van der Waals surface area contributed by atoms with Crippen LogP contribution in [0.3, 0.4) is 0 Å². The molecule has 1 heterocycles. The third-order valence-corrected chi connectivity index (χ3v) is 7.17. The number of carbonyl (C=O) groups is 1. The molecule has 4 bridgehead atoms. The molecule has 136 valence electrons. The molecule has 4 aliphatic carbocycles. The van der Waals surface area contributed by atoms with Crippen molar-refractivity contribution in [1.29, 1.82) is 0 Å². The minimum atomic E-state index is -1.65. The number of hydrogen-bond donors (Lipinski definition) is 3. The van der Waals surface area contributed by atoms with Gasteiger partial charge in [0.25, 0.3) is 0 Å². The van der Waals surface area contributed by atoms with Gasteiger partial charge in [-0.15, -0.1) is 0 Å². The van der Waals surface area contributed by atoms with E-state index in [1.807, 2.05) is 0 Å². The maximum atomic E-state index is 13.2.